The third-order valence-electron chi connectivity index (χ3n) is 2.63. The number of nitrogen functional groups attached to an aromatic ring is 1. The SMILES string of the molecule is Cc1ccc(N)c(NC(C)c2ccncc2)n1. The summed E-state index contributed by atoms with van der Waals surface area (Å²) in [5, 5.41) is 3.30. The van der Waals surface area contributed by atoms with Crippen LogP contribution in [-0.4, -0.2) is 9.97 Å². The van der Waals surface area contributed by atoms with E-state index >= 15 is 0 Å². The van der Waals surface area contributed by atoms with E-state index in [1.807, 2.05) is 31.2 Å². The molecule has 2 rings (SSSR count). The molecular weight excluding hydrogens is 212 g/mol. The topological polar surface area (TPSA) is 63.8 Å². The molecule has 0 aromatic carbocycles. The van der Waals surface area contributed by atoms with Crippen LogP contribution in [0, 0.1) is 6.92 Å². The third kappa shape index (κ3) is 2.72. The van der Waals surface area contributed by atoms with Crippen LogP contribution >= 0.6 is 0 Å². The van der Waals surface area contributed by atoms with Gasteiger partial charge in [-0.25, -0.2) is 4.98 Å². The molecule has 0 bridgehead atoms. The summed E-state index contributed by atoms with van der Waals surface area (Å²) in [7, 11) is 0. The molecule has 0 aliphatic heterocycles. The smallest absolute Gasteiger partial charge is 0.149 e. The van der Waals surface area contributed by atoms with Crippen molar-refractivity contribution in [3.63, 3.8) is 0 Å². The Morgan fingerprint density at radius 3 is 2.59 bits per heavy atom. The maximum Gasteiger partial charge on any atom is 0.149 e. The van der Waals surface area contributed by atoms with Crippen LogP contribution in [0.15, 0.2) is 36.7 Å². The fourth-order valence-electron chi connectivity index (χ4n) is 1.62. The molecule has 0 radical (unpaired) electrons. The van der Waals surface area contributed by atoms with Gasteiger partial charge in [-0.2, -0.15) is 0 Å². The van der Waals surface area contributed by atoms with Crippen LogP contribution in [0.4, 0.5) is 11.5 Å². The Morgan fingerprint density at radius 2 is 1.88 bits per heavy atom. The molecular formula is C13H16N4. The average Bonchev–Trinajstić information content (AvgIpc) is 2.35. The van der Waals surface area contributed by atoms with Crippen LogP contribution in [-0.2, 0) is 0 Å². The van der Waals surface area contributed by atoms with E-state index in [4.69, 9.17) is 5.73 Å². The lowest BCUT2D eigenvalue weighted by molar-refractivity contribution is 0.870. The van der Waals surface area contributed by atoms with Gasteiger partial charge < -0.3 is 11.1 Å². The van der Waals surface area contributed by atoms with Crippen LogP contribution in [0.25, 0.3) is 0 Å². The maximum atomic E-state index is 5.88. The van der Waals surface area contributed by atoms with Crippen LogP contribution in [0.1, 0.15) is 24.2 Å². The molecule has 1 unspecified atom stereocenters. The van der Waals surface area contributed by atoms with Crippen LogP contribution in [0.2, 0.25) is 0 Å². The molecule has 0 saturated heterocycles. The molecule has 0 saturated carbocycles. The standard InChI is InChI=1S/C13H16N4/c1-9-3-4-12(14)13(16-9)17-10(2)11-5-7-15-8-6-11/h3-8,10H,14H2,1-2H3,(H,16,17). The predicted molar refractivity (Wildman–Crippen MR) is 69.7 cm³/mol. The van der Waals surface area contributed by atoms with Crippen molar-refractivity contribution in [2.24, 2.45) is 0 Å². The third-order valence-corrected chi connectivity index (χ3v) is 2.63. The van der Waals surface area contributed by atoms with Gasteiger partial charge in [0.05, 0.1) is 11.7 Å². The number of hydrogen-bond donors (Lipinski definition) is 2. The summed E-state index contributed by atoms with van der Waals surface area (Å²) in [6, 6.07) is 7.86. The number of pyridine rings is 2. The summed E-state index contributed by atoms with van der Waals surface area (Å²) in [5.41, 5.74) is 8.64. The van der Waals surface area contributed by atoms with Crippen LogP contribution in [0.5, 0.6) is 0 Å². The highest BCUT2D eigenvalue weighted by atomic mass is 15.0. The van der Waals surface area contributed by atoms with Crippen LogP contribution in [0.3, 0.4) is 0 Å². The van der Waals surface area contributed by atoms with Gasteiger partial charge in [0.15, 0.2) is 0 Å². The monoisotopic (exact) mass is 228 g/mol. The van der Waals surface area contributed by atoms with Crippen molar-refractivity contribution in [2.75, 3.05) is 11.1 Å². The fraction of sp³-hybridized carbons (Fsp3) is 0.231. The molecule has 4 heteroatoms. The highest BCUT2D eigenvalue weighted by Crippen LogP contribution is 2.21. The lowest BCUT2D eigenvalue weighted by Crippen LogP contribution is -2.10. The van der Waals surface area contributed by atoms with Gasteiger partial charge in [-0.15, -0.1) is 0 Å². The normalized spacial score (nSPS) is 12.1. The van der Waals surface area contributed by atoms with Crippen molar-refractivity contribution in [1.29, 1.82) is 0 Å². The Balaban J connectivity index is 2.18. The van der Waals surface area contributed by atoms with Gasteiger partial charge in [0, 0.05) is 18.1 Å². The van der Waals surface area contributed by atoms with Gasteiger partial charge in [0.25, 0.3) is 0 Å². The molecule has 2 heterocycles. The first-order valence-corrected chi connectivity index (χ1v) is 5.56. The molecule has 1 atom stereocenters. The molecule has 17 heavy (non-hydrogen) atoms. The molecule has 0 amide bonds. The molecule has 3 N–H and O–H groups in total. The zero-order valence-corrected chi connectivity index (χ0v) is 10.0. The van der Waals surface area contributed by atoms with E-state index in [0.29, 0.717) is 5.69 Å². The van der Waals surface area contributed by atoms with Crippen molar-refractivity contribution in [1.82, 2.24) is 9.97 Å². The lowest BCUT2D eigenvalue weighted by Gasteiger charge is -2.16. The fourth-order valence-corrected chi connectivity index (χ4v) is 1.62. The number of nitrogens with two attached hydrogens (primary N) is 1. The average molecular weight is 228 g/mol. The summed E-state index contributed by atoms with van der Waals surface area (Å²) in [4.78, 5) is 8.38. The lowest BCUT2D eigenvalue weighted by atomic mass is 10.1. The molecule has 0 fully saturated rings. The minimum atomic E-state index is 0.148. The van der Waals surface area contributed by atoms with Crippen LogP contribution < -0.4 is 11.1 Å². The molecule has 0 spiro atoms. The maximum absolute atomic E-state index is 5.88. The van der Waals surface area contributed by atoms with Gasteiger partial charge >= 0.3 is 0 Å². The molecule has 4 nitrogen and oxygen atoms in total. The number of rotatable bonds is 3. The van der Waals surface area contributed by atoms with E-state index in [9.17, 15) is 0 Å². The first-order chi connectivity index (χ1) is 8.16. The number of nitrogens with one attached hydrogen (secondary N) is 1. The largest absolute Gasteiger partial charge is 0.396 e. The van der Waals surface area contributed by atoms with Gasteiger partial charge in [0.1, 0.15) is 5.82 Å². The van der Waals surface area contributed by atoms with Gasteiger partial charge in [0.2, 0.25) is 0 Å². The first kappa shape index (κ1) is 11.4. The molecule has 0 aliphatic rings. The molecule has 2 aromatic rings. The van der Waals surface area contributed by atoms with E-state index in [1.165, 1.54) is 0 Å². The van der Waals surface area contributed by atoms with Gasteiger partial charge in [-0.3, -0.25) is 4.98 Å². The Labute approximate surface area is 101 Å². The van der Waals surface area contributed by atoms with Crippen molar-refractivity contribution in [2.45, 2.75) is 19.9 Å². The van der Waals surface area contributed by atoms with Crippen molar-refractivity contribution in [3.8, 4) is 0 Å². The summed E-state index contributed by atoms with van der Waals surface area (Å²) in [6.45, 7) is 4.01. The van der Waals surface area contributed by atoms with E-state index in [1.54, 1.807) is 12.4 Å². The molecule has 88 valence electrons. The summed E-state index contributed by atoms with van der Waals surface area (Å²) >= 11 is 0. The van der Waals surface area contributed by atoms with E-state index in [2.05, 4.69) is 22.2 Å². The highest BCUT2D eigenvalue weighted by molar-refractivity contribution is 5.61. The Hall–Kier alpha value is -2.10. The molecule has 2 aromatic heterocycles. The summed E-state index contributed by atoms with van der Waals surface area (Å²) < 4.78 is 0. The summed E-state index contributed by atoms with van der Waals surface area (Å²) in [5.74, 6) is 0.731. The Morgan fingerprint density at radius 1 is 1.18 bits per heavy atom. The van der Waals surface area contributed by atoms with E-state index in [0.717, 1.165) is 17.1 Å². The zero-order chi connectivity index (χ0) is 12.3. The molecule has 0 aliphatic carbocycles. The Kier molecular flexibility index (Phi) is 3.23. The van der Waals surface area contributed by atoms with Crippen molar-refractivity contribution >= 4 is 11.5 Å². The number of aromatic nitrogens is 2. The van der Waals surface area contributed by atoms with Crippen molar-refractivity contribution in [3.05, 3.63) is 47.9 Å². The van der Waals surface area contributed by atoms with Crippen molar-refractivity contribution < 1.29 is 0 Å². The zero-order valence-electron chi connectivity index (χ0n) is 10.0. The number of aryl methyl sites for hydroxylation is 1. The second kappa shape index (κ2) is 4.82. The Bertz CT molecular complexity index is 496. The van der Waals surface area contributed by atoms with E-state index < -0.39 is 0 Å². The van der Waals surface area contributed by atoms with Gasteiger partial charge in [-0.05, 0) is 43.7 Å². The summed E-state index contributed by atoms with van der Waals surface area (Å²) in [6.07, 6.45) is 3.56. The van der Waals surface area contributed by atoms with E-state index in [-0.39, 0.29) is 6.04 Å². The first-order valence-electron chi connectivity index (χ1n) is 5.56. The second-order valence-corrected chi connectivity index (χ2v) is 4.04. The quantitative estimate of drug-likeness (QED) is 0.847. The minimum absolute atomic E-state index is 0.148. The number of nitrogens with zero attached hydrogens (tertiary/aromatic N) is 2. The minimum Gasteiger partial charge on any atom is -0.396 e. The predicted octanol–water partition coefficient (Wildman–Crippen LogP) is 2.54. The van der Waals surface area contributed by atoms with Gasteiger partial charge in [-0.1, -0.05) is 0 Å². The number of hydrogen-bond acceptors (Lipinski definition) is 4. The number of anilines is 2. The second-order valence-electron chi connectivity index (χ2n) is 4.04. The highest BCUT2D eigenvalue weighted by Gasteiger charge is 2.08.